The van der Waals surface area contributed by atoms with E-state index in [0.717, 1.165) is 16.7 Å². The Hall–Kier alpha value is -2.06. The fourth-order valence-corrected chi connectivity index (χ4v) is 3.79. The Balaban J connectivity index is 2.39. The van der Waals surface area contributed by atoms with Gasteiger partial charge in [-0.15, -0.1) is 0 Å². The molecule has 1 atom stereocenters. The van der Waals surface area contributed by atoms with Crippen LogP contribution in [0.3, 0.4) is 0 Å². The molecule has 1 heterocycles. The Morgan fingerprint density at radius 2 is 2.00 bits per heavy atom. The van der Waals surface area contributed by atoms with Crippen molar-refractivity contribution in [2.75, 3.05) is 14.2 Å². The van der Waals surface area contributed by atoms with E-state index >= 15 is 0 Å². The number of methoxy groups -OCH3 is 2. The first kappa shape index (κ1) is 19.3. The number of benzene rings is 1. The Kier molecular flexibility index (Phi) is 6.07. The van der Waals surface area contributed by atoms with Gasteiger partial charge in [-0.25, -0.2) is 0 Å². The van der Waals surface area contributed by atoms with E-state index in [-0.39, 0.29) is 10.2 Å². The molecule has 8 heteroatoms. The van der Waals surface area contributed by atoms with Crippen LogP contribution in [0, 0.1) is 5.92 Å². The van der Waals surface area contributed by atoms with Crippen LogP contribution in [-0.2, 0) is 9.59 Å². The summed E-state index contributed by atoms with van der Waals surface area (Å²) >= 11 is 6.27. The number of carbonyl (C=O) groups excluding carboxylic acids is 2. The van der Waals surface area contributed by atoms with Crippen molar-refractivity contribution in [3.63, 3.8) is 0 Å². The van der Waals surface area contributed by atoms with Gasteiger partial charge in [-0.2, -0.15) is 0 Å². The molecule has 0 N–H and O–H groups in total. The largest absolute Gasteiger partial charge is 0.548 e. The number of thiocarbonyl (C=S) groups is 1. The number of hydrogen-bond acceptors (Lipinski definition) is 7. The molecule has 0 bridgehead atoms. The number of ether oxygens (including phenoxy) is 2. The van der Waals surface area contributed by atoms with Gasteiger partial charge in [-0.3, -0.25) is 9.69 Å². The van der Waals surface area contributed by atoms with Gasteiger partial charge in [0.05, 0.1) is 31.1 Å². The number of hydrogen-bond donors (Lipinski definition) is 0. The van der Waals surface area contributed by atoms with Gasteiger partial charge in [0.25, 0.3) is 5.91 Å². The maximum atomic E-state index is 12.7. The van der Waals surface area contributed by atoms with Crippen LogP contribution < -0.4 is 14.6 Å². The molecule has 0 radical (unpaired) electrons. The van der Waals surface area contributed by atoms with E-state index in [1.807, 2.05) is 0 Å². The molecule has 0 spiro atoms. The normalized spacial score (nSPS) is 17.3. The van der Waals surface area contributed by atoms with E-state index in [9.17, 15) is 14.7 Å². The summed E-state index contributed by atoms with van der Waals surface area (Å²) in [6.45, 7) is 3.41. The highest BCUT2D eigenvalue weighted by molar-refractivity contribution is 8.26. The molecule has 1 aromatic rings. The predicted molar refractivity (Wildman–Crippen MR) is 98.2 cm³/mol. The number of carbonyl (C=O) groups is 2. The van der Waals surface area contributed by atoms with Crippen LogP contribution in [0.2, 0.25) is 0 Å². The molecular formula is C17H18NO5S2-. The quantitative estimate of drug-likeness (QED) is 0.549. The van der Waals surface area contributed by atoms with Gasteiger partial charge in [0, 0.05) is 11.6 Å². The summed E-state index contributed by atoms with van der Waals surface area (Å²) in [4.78, 5) is 25.6. The van der Waals surface area contributed by atoms with Crippen LogP contribution in [0.25, 0.3) is 6.08 Å². The average Bonchev–Trinajstić information content (AvgIpc) is 2.82. The van der Waals surface area contributed by atoms with E-state index in [4.69, 9.17) is 21.7 Å². The molecule has 1 aliphatic rings. The van der Waals surface area contributed by atoms with Crippen molar-refractivity contribution >= 4 is 46.3 Å². The highest BCUT2D eigenvalue weighted by Gasteiger charge is 2.39. The van der Waals surface area contributed by atoms with Crippen molar-refractivity contribution in [3.8, 4) is 11.5 Å². The third kappa shape index (κ3) is 3.96. The number of nitrogens with zero attached hydrogens (tertiary/aromatic N) is 1. The van der Waals surface area contributed by atoms with Gasteiger partial charge in [0.15, 0.2) is 0 Å². The SMILES string of the molecule is COc1ccc(/C=C2\SC(=S)N(C(C(=O)[O-])C(C)C)C2=O)c(OC)c1. The minimum absolute atomic E-state index is 0.201. The monoisotopic (exact) mass is 380 g/mol. The average molecular weight is 380 g/mol. The van der Waals surface area contributed by atoms with Crippen molar-refractivity contribution in [2.45, 2.75) is 19.9 Å². The van der Waals surface area contributed by atoms with Gasteiger partial charge in [-0.05, 0) is 24.1 Å². The molecule has 1 fully saturated rings. The summed E-state index contributed by atoms with van der Waals surface area (Å²) in [6, 6.07) is 4.09. The minimum atomic E-state index is -1.32. The molecule has 134 valence electrons. The van der Waals surface area contributed by atoms with Crippen LogP contribution in [0.5, 0.6) is 11.5 Å². The Morgan fingerprint density at radius 3 is 2.52 bits per heavy atom. The van der Waals surface area contributed by atoms with Crippen LogP contribution >= 0.6 is 24.0 Å². The number of thioether (sulfide) groups is 1. The Labute approximate surface area is 155 Å². The molecule has 6 nitrogen and oxygen atoms in total. The Bertz CT molecular complexity index is 745. The lowest BCUT2D eigenvalue weighted by Gasteiger charge is -2.30. The summed E-state index contributed by atoms with van der Waals surface area (Å²) in [5, 5.41) is 11.4. The number of aliphatic carboxylic acids is 1. The first-order chi connectivity index (χ1) is 11.8. The molecule has 1 saturated heterocycles. The second-order valence-electron chi connectivity index (χ2n) is 5.67. The molecule has 0 aliphatic carbocycles. The van der Waals surface area contributed by atoms with Crippen LogP contribution in [-0.4, -0.2) is 41.4 Å². The molecule has 1 amide bonds. The lowest BCUT2D eigenvalue weighted by molar-refractivity contribution is -0.311. The zero-order valence-corrected chi connectivity index (χ0v) is 15.9. The van der Waals surface area contributed by atoms with E-state index in [2.05, 4.69) is 0 Å². The molecular weight excluding hydrogens is 362 g/mol. The summed E-state index contributed by atoms with van der Waals surface area (Å²) in [5.74, 6) is -0.948. The first-order valence-electron chi connectivity index (χ1n) is 7.50. The molecule has 0 saturated carbocycles. The highest BCUT2D eigenvalue weighted by Crippen LogP contribution is 2.37. The second-order valence-corrected chi connectivity index (χ2v) is 7.34. The van der Waals surface area contributed by atoms with E-state index in [1.54, 1.807) is 45.2 Å². The zero-order valence-electron chi connectivity index (χ0n) is 14.3. The molecule has 1 aliphatic heterocycles. The molecule has 1 unspecified atom stereocenters. The summed E-state index contributed by atoms with van der Waals surface area (Å²) in [6.07, 6.45) is 1.63. The van der Waals surface area contributed by atoms with Gasteiger partial charge in [-0.1, -0.05) is 37.8 Å². The fourth-order valence-electron chi connectivity index (χ4n) is 2.47. The molecule has 1 aromatic carbocycles. The smallest absolute Gasteiger partial charge is 0.266 e. The lowest BCUT2D eigenvalue weighted by Crippen LogP contribution is -2.52. The Morgan fingerprint density at radius 1 is 1.32 bits per heavy atom. The number of amides is 1. The summed E-state index contributed by atoms with van der Waals surface area (Å²) in [5.41, 5.74) is 0.665. The summed E-state index contributed by atoms with van der Waals surface area (Å²) < 4.78 is 10.7. The standard InChI is InChI=1S/C17H19NO5S2/c1-9(2)14(16(20)21)18-15(19)13(25-17(18)24)7-10-5-6-11(22-3)8-12(10)23-4/h5-9,14H,1-4H3,(H,20,21)/p-1/b13-7-. The predicted octanol–water partition coefficient (Wildman–Crippen LogP) is 1.68. The zero-order chi connectivity index (χ0) is 18.7. The van der Waals surface area contributed by atoms with Crippen LogP contribution in [0.4, 0.5) is 0 Å². The van der Waals surface area contributed by atoms with Gasteiger partial charge >= 0.3 is 0 Å². The number of rotatable bonds is 6. The van der Waals surface area contributed by atoms with E-state index < -0.39 is 17.9 Å². The van der Waals surface area contributed by atoms with Crippen molar-refractivity contribution in [3.05, 3.63) is 28.7 Å². The van der Waals surface area contributed by atoms with E-state index in [0.29, 0.717) is 22.0 Å². The van der Waals surface area contributed by atoms with Crippen molar-refractivity contribution in [1.29, 1.82) is 0 Å². The van der Waals surface area contributed by atoms with Gasteiger partial charge < -0.3 is 19.4 Å². The second kappa shape index (κ2) is 7.88. The van der Waals surface area contributed by atoms with Gasteiger partial charge in [0.1, 0.15) is 15.8 Å². The molecule has 2 rings (SSSR count). The van der Waals surface area contributed by atoms with Crippen molar-refractivity contribution < 1.29 is 24.2 Å². The number of carboxylic acids is 1. The fraction of sp³-hybridized carbons (Fsp3) is 0.353. The van der Waals surface area contributed by atoms with Crippen molar-refractivity contribution in [2.24, 2.45) is 5.92 Å². The first-order valence-corrected chi connectivity index (χ1v) is 8.72. The lowest BCUT2D eigenvalue weighted by atomic mass is 10.0. The highest BCUT2D eigenvalue weighted by atomic mass is 32.2. The molecule has 0 aromatic heterocycles. The maximum Gasteiger partial charge on any atom is 0.266 e. The third-order valence-corrected chi connectivity index (χ3v) is 5.03. The van der Waals surface area contributed by atoms with E-state index in [1.165, 1.54) is 7.11 Å². The number of carboxylic acid groups (broad SMARTS) is 1. The van der Waals surface area contributed by atoms with Crippen LogP contribution in [0.15, 0.2) is 23.1 Å². The minimum Gasteiger partial charge on any atom is -0.548 e. The van der Waals surface area contributed by atoms with Crippen molar-refractivity contribution in [1.82, 2.24) is 4.90 Å². The summed E-state index contributed by atoms with van der Waals surface area (Å²) in [7, 11) is 3.06. The third-order valence-electron chi connectivity index (χ3n) is 3.70. The molecule has 25 heavy (non-hydrogen) atoms. The van der Waals surface area contributed by atoms with Gasteiger partial charge in [0.2, 0.25) is 0 Å². The van der Waals surface area contributed by atoms with Crippen LogP contribution in [0.1, 0.15) is 19.4 Å². The topological polar surface area (TPSA) is 78.9 Å². The maximum absolute atomic E-state index is 12.7.